The highest BCUT2D eigenvalue weighted by Crippen LogP contribution is 2.52. The molecule has 0 radical (unpaired) electrons. The van der Waals surface area contributed by atoms with E-state index in [0.29, 0.717) is 24.6 Å². The first-order valence-corrected chi connectivity index (χ1v) is 10.1. The third-order valence-electron chi connectivity index (χ3n) is 6.04. The molecule has 1 amide bonds. The average molecular weight is 405 g/mol. The summed E-state index contributed by atoms with van der Waals surface area (Å²) in [6.07, 6.45) is 3.52. The molecular weight excluding hydrogens is 382 g/mol. The van der Waals surface area contributed by atoms with Gasteiger partial charge in [-0.1, -0.05) is 36.4 Å². The summed E-state index contributed by atoms with van der Waals surface area (Å²) in [6.45, 7) is 0. The van der Waals surface area contributed by atoms with E-state index in [1.165, 1.54) is 4.90 Å². The molecule has 2 aromatic heterocycles. The lowest BCUT2D eigenvalue weighted by Crippen LogP contribution is -2.46. The van der Waals surface area contributed by atoms with E-state index in [9.17, 15) is 9.90 Å². The van der Waals surface area contributed by atoms with Crippen molar-refractivity contribution in [1.82, 2.24) is 20.5 Å². The van der Waals surface area contributed by atoms with E-state index in [1.54, 1.807) is 13.2 Å². The number of nitrogens with zero attached hydrogens (tertiary/aromatic N) is 4. The van der Waals surface area contributed by atoms with Gasteiger partial charge in [0.1, 0.15) is 5.82 Å². The molecule has 1 saturated carbocycles. The minimum atomic E-state index is -1.23. The van der Waals surface area contributed by atoms with Gasteiger partial charge in [-0.25, -0.2) is 4.98 Å². The number of hydrogen-bond acceptors (Lipinski definition) is 7. The summed E-state index contributed by atoms with van der Waals surface area (Å²) < 4.78 is 5.85. The zero-order valence-electron chi connectivity index (χ0n) is 16.7. The molecule has 8 heteroatoms. The number of benzene rings is 1. The molecule has 2 atom stereocenters. The SMILES string of the molecule is CN1C(=O)[C@@H](NC(O)c2nnc(C3(c4ccccc4)CC3)o2)CCc2cccnc21. The minimum Gasteiger partial charge on any atom is -0.420 e. The third-order valence-corrected chi connectivity index (χ3v) is 6.04. The number of rotatable bonds is 5. The van der Waals surface area contributed by atoms with Crippen molar-refractivity contribution in [1.29, 1.82) is 0 Å². The van der Waals surface area contributed by atoms with Crippen LogP contribution in [0.2, 0.25) is 0 Å². The number of fused-ring (bicyclic) bond motifs is 1. The molecule has 1 aromatic carbocycles. The second-order valence-corrected chi connectivity index (χ2v) is 7.94. The van der Waals surface area contributed by atoms with Gasteiger partial charge in [-0.15, -0.1) is 10.2 Å². The molecule has 1 unspecified atom stereocenters. The molecule has 0 saturated heterocycles. The number of pyridine rings is 1. The number of nitrogens with one attached hydrogen (secondary N) is 1. The zero-order chi connectivity index (χ0) is 20.7. The minimum absolute atomic E-state index is 0.0718. The van der Waals surface area contributed by atoms with Gasteiger partial charge in [0.2, 0.25) is 11.8 Å². The molecular formula is C22H23N5O3. The Morgan fingerprint density at radius 2 is 2.00 bits per heavy atom. The van der Waals surface area contributed by atoms with Gasteiger partial charge in [-0.2, -0.15) is 0 Å². The van der Waals surface area contributed by atoms with Crippen LogP contribution < -0.4 is 10.2 Å². The maximum absolute atomic E-state index is 12.9. The summed E-state index contributed by atoms with van der Waals surface area (Å²) >= 11 is 0. The van der Waals surface area contributed by atoms with Gasteiger partial charge in [0.05, 0.1) is 11.5 Å². The smallest absolute Gasteiger partial charge is 0.259 e. The van der Waals surface area contributed by atoms with Crippen molar-refractivity contribution in [2.45, 2.75) is 43.4 Å². The molecule has 0 spiro atoms. The fourth-order valence-corrected chi connectivity index (χ4v) is 4.15. The zero-order valence-corrected chi connectivity index (χ0v) is 16.7. The summed E-state index contributed by atoms with van der Waals surface area (Å²) in [5.41, 5.74) is 1.87. The van der Waals surface area contributed by atoms with Crippen LogP contribution in [-0.2, 0) is 16.6 Å². The molecule has 0 bridgehead atoms. The molecule has 1 aliphatic carbocycles. The maximum Gasteiger partial charge on any atom is 0.259 e. The number of likely N-dealkylation sites (N-methyl/N-ethyl adjacent to an activating group) is 1. The predicted octanol–water partition coefficient (Wildman–Crippen LogP) is 2.10. The van der Waals surface area contributed by atoms with Gasteiger partial charge in [0, 0.05) is 13.2 Å². The number of aromatic nitrogens is 3. The van der Waals surface area contributed by atoms with Crippen molar-refractivity contribution >= 4 is 11.7 Å². The van der Waals surface area contributed by atoms with Gasteiger partial charge >= 0.3 is 0 Å². The summed E-state index contributed by atoms with van der Waals surface area (Å²) in [6, 6.07) is 13.3. The third kappa shape index (κ3) is 3.18. The molecule has 5 rings (SSSR count). The van der Waals surface area contributed by atoms with E-state index in [-0.39, 0.29) is 17.2 Å². The largest absolute Gasteiger partial charge is 0.420 e. The van der Waals surface area contributed by atoms with Crippen LogP contribution in [0, 0.1) is 0 Å². The molecule has 2 aliphatic rings. The van der Waals surface area contributed by atoms with Crippen molar-refractivity contribution in [3.05, 3.63) is 71.6 Å². The van der Waals surface area contributed by atoms with Gasteiger partial charge in [-0.3, -0.25) is 15.0 Å². The highest BCUT2D eigenvalue weighted by atomic mass is 16.4. The number of anilines is 1. The lowest BCUT2D eigenvalue weighted by molar-refractivity contribution is -0.121. The fraction of sp³-hybridized carbons (Fsp3) is 0.364. The number of amides is 1. The Balaban J connectivity index is 1.32. The number of hydrogen-bond donors (Lipinski definition) is 2. The normalized spacial score (nSPS) is 21.1. The number of carbonyl (C=O) groups excluding carboxylic acids is 1. The molecule has 1 aliphatic heterocycles. The molecule has 1 fully saturated rings. The highest BCUT2D eigenvalue weighted by Gasteiger charge is 2.51. The topological polar surface area (TPSA) is 104 Å². The van der Waals surface area contributed by atoms with Crippen LogP contribution in [0.25, 0.3) is 0 Å². The number of aliphatic hydroxyl groups is 1. The Labute approximate surface area is 174 Å². The van der Waals surface area contributed by atoms with Gasteiger partial charge < -0.3 is 9.52 Å². The van der Waals surface area contributed by atoms with Crippen LogP contribution in [0.15, 0.2) is 53.1 Å². The Morgan fingerprint density at radius 3 is 2.77 bits per heavy atom. The summed E-state index contributed by atoms with van der Waals surface area (Å²) in [5, 5.41) is 21.9. The molecule has 30 heavy (non-hydrogen) atoms. The Bertz CT molecular complexity index is 1060. The van der Waals surface area contributed by atoms with Crippen LogP contribution in [0.5, 0.6) is 0 Å². The van der Waals surface area contributed by atoms with Crippen molar-refractivity contribution in [3.63, 3.8) is 0 Å². The van der Waals surface area contributed by atoms with Gasteiger partial charge in [0.25, 0.3) is 5.89 Å². The monoisotopic (exact) mass is 405 g/mol. The van der Waals surface area contributed by atoms with E-state index >= 15 is 0 Å². The van der Waals surface area contributed by atoms with E-state index in [2.05, 4.69) is 32.6 Å². The first-order chi connectivity index (χ1) is 14.6. The highest BCUT2D eigenvalue weighted by molar-refractivity contribution is 5.97. The van der Waals surface area contributed by atoms with Crippen LogP contribution >= 0.6 is 0 Å². The molecule has 3 heterocycles. The number of aliphatic hydroxyl groups excluding tert-OH is 1. The van der Waals surface area contributed by atoms with Gasteiger partial charge in [-0.05, 0) is 42.9 Å². The standard InChI is InChI=1S/C22H23N5O3/c1-27-17-14(6-5-13-23-17)9-10-16(20(27)29)24-18(28)19-25-26-21(30-19)22(11-12-22)15-7-3-2-4-8-15/h2-8,13,16,18,24,28H,9-12H2,1H3/t16-,18?/m0/s1. The quantitative estimate of drug-likeness (QED) is 0.627. The Hall–Kier alpha value is -3.10. The van der Waals surface area contributed by atoms with Crippen molar-refractivity contribution in [3.8, 4) is 0 Å². The lowest BCUT2D eigenvalue weighted by Gasteiger charge is -2.22. The molecule has 3 aromatic rings. The predicted molar refractivity (Wildman–Crippen MR) is 109 cm³/mol. The van der Waals surface area contributed by atoms with E-state index in [1.807, 2.05) is 30.3 Å². The van der Waals surface area contributed by atoms with E-state index in [0.717, 1.165) is 24.0 Å². The Kier molecular flexibility index (Phi) is 4.60. The molecule has 154 valence electrons. The summed E-state index contributed by atoms with van der Waals surface area (Å²) in [5.74, 6) is 1.07. The lowest BCUT2D eigenvalue weighted by atomic mass is 9.96. The van der Waals surface area contributed by atoms with Crippen LogP contribution in [0.1, 0.15) is 48.4 Å². The van der Waals surface area contributed by atoms with Crippen LogP contribution in [0.3, 0.4) is 0 Å². The number of carbonyl (C=O) groups is 1. The van der Waals surface area contributed by atoms with E-state index < -0.39 is 12.3 Å². The second-order valence-electron chi connectivity index (χ2n) is 7.94. The second kappa shape index (κ2) is 7.30. The van der Waals surface area contributed by atoms with Crippen LogP contribution in [-0.4, -0.2) is 39.3 Å². The maximum atomic E-state index is 12.9. The van der Waals surface area contributed by atoms with Crippen LogP contribution in [0.4, 0.5) is 5.82 Å². The van der Waals surface area contributed by atoms with E-state index in [4.69, 9.17) is 4.42 Å². The summed E-state index contributed by atoms with van der Waals surface area (Å²) in [4.78, 5) is 18.7. The first kappa shape index (κ1) is 18.9. The summed E-state index contributed by atoms with van der Waals surface area (Å²) in [7, 11) is 1.70. The molecule has 2 N–H and O–H groups in total. The van der Waals surface area contributed by atoms with Gasteiger partial charge in [0.15, 0.2) is 6.23 Å². The van der Waals surface area contributed by atoms with Crippen molar-refractivity contribution in [2.75, 3.05) is 11.9 Å². The molecule has 8 nitrogen and oxygen atoms in total. The Morgan fingerprint density at radius 1 is 1.20 bits per heavy atom. The van der Waals surface area contributed by atoms with Crippen molar-refractivity contribution in [2.24, 2.45) is 0 Å². The van der Waals surface area contributed by atoms with Crippen molar-refractivity contribution < 1.29 is 14.3 Å². The number of aryl methyl sites for hydroxylation is 1. The average Bonchev–Trinajstić information content (AvgIpc) is 3.47. The first-order valence-electron chi connectivity index (χ1n) is 10.1. The fourth-order valence-electron chi connectivity index (χ4n) is 4.15.